The van der Waals surface area contributed by atoms with Crippen LogP contribution in [0.25, 0.3) is 0 Å². The third-order valence-electron chi connectivity index (χ3n) is 5.34. The van der Waals surface area contributed by atoms with Crippen LogP contribution in [0.2, 0.25) is 5.02 Å². The van der Waals surface area contributed by atoms with E-state index in [0.29, 0.717) is 29.6 Å². The van der Waals surface area contributed by atoms with E-state index in [1.165, 1.54) is 19.3 Å². The highest BCUT2D eigenvalue weighted by atomic mass is 35.5. The molecular formula is C19H29ClN2O3. The second-order valence-electron chi connectivity index (χ2n) is 7.30. The summed E-state index contributed by atoms with van der Waals surface area (Å²) in [5.74, 6) is 1.21. The largest absolute Gasteiger partial charge is 0.493 e. The maximum atomic E-state index is 11.0. The molecule has 0 aromatic heterocycles. The van der Waals surface area contributed by atoms with Gasteiger partial charge in [0.1, 0.15) is 0 Å². The number of hydrogen-bond acceptors (Lipinski definition) is 5. The molecule has 2 aliphatic rings. The first-order valence-corrected chi connectivity index (χ1v) is 9.49. The molecule has 0 saturated carbocycles. The maximum Gasteiger partial charge on any atom is 0.179 e. The van der Waals surface area contributed by atoms with E-state index in [1.807, 2.05) is 12.1 Å². The standard InChI is InChI=1S/C19H29ClN2O3/c1-24-16-7-6-15(17(20)18(16)25-2)12-22-11-8-19(23,14-22)13-21-9-4-3-5-10-21/h6-7,23H,3-5,8-14H2,1-2H3/t19-/m0/s1. The molecule has 1 N–H and O–H groups in total. The predicted molar refractivity (Wildman–Crippen MR) is 99.7 cm³/mol. The van der Waals surface area contributed by atoms with Crippen molar-refractivity contribution >= 4 is 11.6 Å². The molecule has 2 aliphatic heterocycles. The lowest BCUT2D eigenvalue weighted by Gasteiger charge is -2.33. The molecule has 0 spiro atoms. The van der Waals surface area contributed by atoms with Crippen LogP contribution in [0, 0.1) is 0 Å². The molecule has 25 heavy (non-hydrogen) atoms. The Kier molecular flexibility index (Phi) is 6.10. The van der Waals surface area contributed by atoms with E-state index in [2.05, 4.69) is 9.80 Å². The average molecular weight is 369 g/mol. The Morgan fingerprint density at radius 3 is 2.52 bits per heavy atom. The van der Waals surface area contributed by atoms with E-state index in [9.17, 15) is 5.11 Å². The molecule has 1 aromatic carbocycles. The van der Waals surface area contributed by atoms with Crippen molar-refractivity contribution < 1.29 is 14.6 Å². The van der Waals surface area contributed by atoms with Gasteiger partial charge in [-0.3, -0.25) is 4.90 Å². The van der Waals surface area contributed by atoms with Gasteiger partial charge in [0.05, 0.1) is 24.8 Å². The fraction of sp³-hybridized carbons (Fsp3) is 0.684. The fourth-order valence-corrected chi connectivity index (χ4v) is 4.32. The second kappa shape index (κ2) is 8.12. The van der Waals surface area contributed by atoms with Crippen LogP contribution in [0.3, 0.4) is 0 Å². The second-order valence-corrected chi connectivity index (χ2v) is 7.67. The topological polar surface area (TPSA) is 45.2 Å². The number of hydrogen-bond donors (Lipinski definition) is 1. The maximum absolute atomic E-state index is 11.0. The molecule has 0 amide bonds. The Balaban J connectivity index is 1.63. The van der Waals surface area contributed by atoms with Gasteiger partial charge in [0.15, 0.2) is 11.5 Å². The first kappa shape index (κ1) is 18.8. The van der Waals surface area contributed by atoms with Crippen molar-refractivity contribution in [3.8, 4) is 11.5 Å². The summed E-state index contributed by atoms with van der Waals surface area (Å²) in [4.78, 5) is 4.69. The van der Waals surface area contributed by atoms with E-state index in [4.69, 9.17) is 21.1 Å². The van der Waals surface area contributed by atoms with Crippen LogP contribution >= 0.6 is 11.6 Å². The fourth-order valence-electron chi connectivity index (χ4n) is 4.03. The highest BCUT2D eigenvalue weighted by Gasteiger charge is 2.37. The lowest BCUT2D eigenvalue weighted by Crippen LogP contribution is -2.46. The molecule has 6 heteroatoms. The Morgan fingerprint density at radius 1 is 1.08 bits per heavy atom. The number of piperidine rings is 1. The average Bonchev–Trinajstić information content (AvgIpc) is 2.97. The number of ether oxygens (including phenoxy) is 2. The normalized spacial score (nSPS) is 25.3. The molecule has 1 atom stereocenters. The molecule has 0 radical (unpaired) electrons. The van der Waals surface area contributed by atoms with Gasteiger partial charge in [-0.1, -0.05) is 24.1 Å². The number of nitrogens with zero attached hydrogens (tertiary/aromatic N) is 2. The van der Waals surface area contributed by atoms with Gasteiger partial charge in [-0.2, -0.15) is 0 Å². The molecule has 1 aromatic rings. The summed E-state index contributed by atoms with van der Waals surface area (Å²) in [7, 11) is 3.20. The lowest BCUT2D eigenvalue weighted by molar-refractivity contribution is 0.00635. The lowest BCUT2D eigenvalue weighted by atomic mass is 10.0. The monoisotopic (exact) mass is 368 g/mol. The summed E-state index contributed by atoms with van der Waals surface area (Å²) < 4.78 is 10.7. The minimum atomic E-state index is -0.611. The van der Waals surface area contributed by atoms with E-state index in [0.717, 1.165) is 38.2 Å². The van der Waals surface area contributed by atoms with Crippen molar-refractivity contribution in [2.24, 2.45) is 0 Å². The molecule has 0 unspecified atom stereocenters. The number of likely N-dealkylation sites (tertiary alicyclic amines) is 2. The smallest absolute Gasteiger partial charge is 0.179 e. The molecule has 0 bridgehead atoms. The zero-order chi connectivity index (χ0) is 17.9. The van der Waals surface area contributed by atoms with Crippen LogP contribution in [0.15, 0.2) is 12.1 Å². The SMILES string of the molecule is COc1ccc(CN2CC[C@](O)(CN3CCCCC3)C2)c(Cl)c1OC. The van der Waals surface area contributed by atoms with Gasteiger partial charge in [-0.05, 0) is 44.0 Å². The zero-order valence-corrected chi connectivity index (χ0v) is 16.0. The number of methoxy groups -OCH3 is 2. The number of rotatable bonds is 6. The minimum Gasteiger partial charge on any atom is -0.493 e. The Hall–Kier alpha value is -1.01. The van der Waals surface area contributed by atoms with Crippen LogP contribution in [0.1, 0.15) is 31.2 Å². The Bertz CT molecular complexity index is 592. The van der Waals surface area contributed by atoms with Crippen molar-refractivity contribution in [2.75, 3.05) is 46.9 Å². The Morgan fingerprint density at radius 2 is 1.84 bits per heavy atom. The van der Waals surface area contributed by atoms with Gasteiger partial charge in [-0.25, -0.2) is 0 Å². The number of aliphatic hydroxyl groups is 1. The van der Waals surface area contributed by atoms with Crippen molar-refractivity contribution in [3.05, 3.63) is 22.7 Å². The van der Waals surface area contributed by atoms with Crippen LogP contribution < -0.4 is 9.47 Å². The summed E-state index contributed by atoms with van der Waals surface area (Å²) >= 11 is 6.50. The molecule has 3 rings (SSSR count). The van der Waals surface area contributed by atoms with Crippen LogP contribution in [0.4, 0.5) is 0 Å². The van der Waals surface area contributed by atoms with Crippen molar-refractivity contribution in [3.63, 3.8) is 0 Å². The summed E-state index contributed by atoms with van der Waals surface area (Å²) in [5.41, 5.74) is 0.391. The predicted octanol–water partition coefficient (Wildman–Crippen LogP) is 2.78. The molecule has 5 nitrogen and oxygen atoms in total. The van der Waals surface area contributed by atoms with Crippen molar-refractivity contribution in [1.29, 1.82) is 0 Å². The highest BCUT2D eigenvalue weighted by molar-refractivity contribution is 6.33. The first-order valence-electron chi connectivity index (χ1n) is 9.11. The summed E-state index contributed by atoms with van der Waals surface area (Å²) in [6.07, 6.45) is 4.63. The third-order valence-corrected chi connectivity index (χ3v) is 5.75. The van der Waals surface area contributed by atoms with Gasteiger partial charge in [0.25, 0.3) is 0 Å². The van der Waals surface area contributed by atoms with Gasteiger partial charge >= 0.3 is 0 Å². The molecule has 2 fully saturated rings. The summed E-state index contributed by atoms with van der Waals surface area (Å²) in [6.45, 7) is 5.29. The molecule has 0 aliphatic carbocycles. The summed E-state index contributed by atoms with van der Waals surface area (Å²) in [5, 5.41) is 11.6. The third kappa shape index (κ3) is 4.40. The molecule has 140 valence electrons. The van der Waals surface area contributed by atoms with Gasteiger partial charge < -0.3 is 19.5 Å². The van der Waals surface area contributed by atoms with Gasteiger partial charge in [0.2, 0.25) is 0 Å². The molecule has 2 saturated heterocycles. The number of halogens is 1. The summed E-state index contributed by atoms with van der Waals surface area (Å²) in [6, 6.07) is 3.86. The van der Waals surface area contributed by atoms with E-state index in [1.54, 1.807) is 14.2 Å². The van der Waals surface area contributed by atoms with E-state index in [-0.39, 0.29) is 0 Å². The van der Waals surface area contributed by atoms with Crippen molar-refractivity contribution in [1.82, 2.24) is 9.80 Å². The highest BCUT2D eigenvalue weighted by Crippen LogP contribution is 2.38. The van der Waals surface area contributed by atoms with Crippen LogP contribution in [-0.2, 0) is 6.54 Å². The van der Waals surface area contributed by atoms with E-state index < -0.39 is 5.60 Å². The minimum absolute atomic E-state index is 0.574. The van der Waals surface area contributed by atoms with Crippen LogP contribution in [-0.4, -0.2) is 67.5 Å². The van der Waals surface area contributed by atoms with Crippen LogP contribution in [0.5, 0.6) is 11.5 Å². The number of β-amino-alcohol motifs (C(OH)–C–C–N with tert-alkyl or cyclic N) is 1. The molecule has 2 heterocycles. The quantitative estimate of drug-likeness (QED) is 0.836. The van der Waals surface area contributed by atoms with Gasteiger partial charge in [-0.15, -0.1) is 0 Å². The Labute approximate surface area is 155 Å². The van der Waals surface area contributed by atoms with E-state index >= 15 is 0 Å². The first-order chi connectivity index (χ1) is 12.0. The van der Waals surface area contributed by atoms with Gasteiger partial charge in [0, 0.05) is 26.2 Å². The van der Waals surface area contributed by atoms with Crippen molar-refractivity contribution in [2.45, 2.75) is 37.8 Å². The number of benzene rings is 1. The molecular weight excluding hydrogens is 340 g/mol. The zero-order valence-electron chi connectivity index (χ0n) is 15.3.